The molecule has 0 aliphatic heterocycles. The first-order valence-electron chi connectivity index (χ1n) is 4.92. The predicted octanol–water partition coefficient (Wildman–Crippen LogP) is 1.52. The van der Waals surface area contributed by atoms with Gasteiger partial charge in [0.1, 0.15) is 0 Å². The maximum Gasteiger partial charge on any atom is 0.233 e. The molecule has 0 saturated heterocycles. The van der Waals surface area contributed by atoms with Crippen LogP contribution in [0.25, 0.3) is 0 Å². The van der Waals surface area contributed by atoms with Crippen LogP contribution < -0.4 is 11.1 Å². The van der Waals surface area contributed by atoms with Gasteiger partial charge in [0.15, 0.2) is 0 Å². The van der Waals surface area contributed by atoms with Crippen LogP contribution in [0.1, 0.15) is 11.7 Å². The van der Waals surface area contributed by atoms with E-state index in [1.165, 1.54) is 0 Å². The lowest BCUT2D eigenvalue weighted by molar-refractivity contribution is -0.120. The van der Waals surface area contributed by atoms with Gasteiger partial charge < -0.3 is 15.8 Å². The summed E-state index contributed by atoms with van der Waals surface area (Å²) in [5, 5.41) is 3.35. The van der Waals surface area contributed by atoms with E-state index in [0.717, 1.165) is 5.56 Å². The molecular formula is C11H16Cl2N2O2. The highest BCUT2D eigenvalue weighted by Gasteiger charge is 2.11. The molecule has 1 atom stereocenters. The van der Waals surface area contributed by atoms with Crippen molar-refractivity contribution in [2.45, 2.75) is 6.10 Å². The highest BCUT2D eigenvalue weighted by molar-refractivity contribution is 6.30. The Hall–Kier alpha value is -0.810. The first-order valence-corrected chi connectivity index (χ1v) is 5.30. The zero-order valence-corrected chi connectivity index (χ0v) is 11.1. The maximum atomic E-state index is 11.0. The van der Waals surface area contributed by atoms with E-state index in [4.69, 9.17) is 22.1 Å². The Kier molecular flexibility index (Phi) is 7.91. The number of halogens is 2. The average molecular weight is 279 g/mol. The van der Waals surface area contributed by atoms with Gasteiger partial charge in [-0.15, -0.1) is 12.4 Å². The average Bonchev–Trinajstić information content (AvgIpc) is 2.31. The Balaban J connectivity index is 0.00000256. The molecule has 1 unspecified atom stereocenters. The second-order valence-electron chi connectivity index (χ2n) is 3.28. The lowest BCUT2D eigenvalue weighted by Gasteiger charge is -2.16. The van der Waals surface area contributed by atoms with Gasteiger partial charge in [0.05, 0.1) is 12.6 Å². The molecule has 0 aromatic heterocycles. The summed E-state index contributed by atoms with van der Waals surface area (Å²) in [5.41, 5.74) is 6.15. The van der Waals surface area contributed by atoms with Crippen molar-refractivity contribution in [3.63, 3.8) is 0 Å². The van der Waals surface area contributed by atoms with E-state index in [1.54, 1.807) is 19.2 Å². The summed E-state index contributed by atoms with van der Waals surface area (Å²) in [5.74, 6) is -0.198. The molecule has 3 N–H and O–H groups in total. The number of benzene rings is 1. The third-order valence-corrected chi connectivity index (χ3v) is 2.45. The van der Waals surface area contributed by atoms with Crippen molar-refractivity contribution in [1.82, 2.24) is 5.32 Å². The van der Waals surface area contributed by atoms with Crippen molar-refractivity contribution in [2.24, 2.45) is 5.73 Å². The van der Waals surface area contributed by atoms with E-state index in [2.05, 4.69) is 5.32 Å². The van der Waals surface area contributed by atoms with Crippen molar-refractivity contribution in [1.29, 1.82) is 0 Å². The minimum Gasteiger partial charge on any atom is -0.375 e. The molecule has 1 aromatic carbocycles. The lowest BCUT2D eigenvalue weighted by atomic mass is 10.1. The van der Waals surface area contributed by atoms with Crippen LogP contribution in [0, 0.1) is 0 Å². The Bertz CT molecular complexity index is 344. The molecule has 17 heavy (non-hydrogen) atoms. The first-order chi connectivity index (χ1) is 7.67. The van der Waals surface area contributed by atoms with Gasteiger partial charge in [0.2, 0.25) is 5.91 Å². The van der Waals surface area contributed by atoms with Crippen molar-refractivity contribution in [3.05, 3.63) is 34.9 Å². The van der Waals surface area contributed by atoms with Gasteiger partial charge in [-0.3, -0.25) is 4.79 Å². The van der Waals surface area contributed by atoms with Crippen molar-refractivity contribution < 1.29 is 9.53 Å². The maximum absolute atomic E-state index is 11.0. The predicted molar refractivity (Wildman–Crippen MR) is 70.5 cm³/mol. The number of carbonyl (C=O) groups excluding carboxylic acids is 1. The Morgan fingerprint density at radius 3 is 2.53 bits per heavy atom. The first kappa shape index (κ1) is 16.2. The molecule has 1 rings (SSSR count). The normalized spacial score (nSPS) is 11.5. The molecule has 1 amide bonds. The fourth-order valence-corrected chi connectivity index (χ4v) is 1.42. The topological polar surface area (TPSA) is 64.3 Å². The molecular weight excluding hydrogens is 263 g/mol. The number of rotatable bonds is 5. The summed E-state index contributed by atoms with van der Waals surface area (Å²) in [6, 6.07) is 7.30. The smallest absolute Gasteiger partial charge is 0.233 e. The molecule has 6 heteroatoms. The molecule has 0 radical (unpaired) electrons. The van der Waals surface area contributed by atoms with Crippen LogP contribution in [0.15, 0.2) is 24.3 Å². The minimum atomic E-state index is -0.198. The largest absolute Gasteiger partial charge is 0.375 e. The van der Waals surface area contributed by atoms with Crippen LogP contribution in [0.4, 0.5) is 0 Å². The summed E-state index contributed by atoms with van der Waals surface area (Å²) in [6.45, 7) is 0.380. The second-order valence-corrected chi connectivity index (χ2v) is 3.72. The highest BCUT2D eigenvalue weighted by Crippen LogP contribution is 2.18. The number of nitrogens with one attached hydrogen (secondary N) is 1. The fourth-order valence-electron chi connectivity index (χ4n) is 1.29. The number of methoxy groups -OCH3 is 1. The third-order valence-electron chi connectivity index (χ3n) is 2.20. The summed E-state index contributed by atoms with van der Waals surface area (Å²) >= 11 is 5.78. The molecule has 0 bridgehead atoms. The number of ether oxygens (including phenoxy) is 1. The van der Waals surface area contributed by atoms with E-state index in [-0.39, 0.29) is 31.0 Å². The van der Waals surface area contributed by atoms with Crippen LogP contribution in [0.3, 0.4) is 0 Å². The Morgan fingerprint density at radius 1 is 1.47 bits per heavy atom. The van der Waals surface area contributed by atoms with Gasteiger partial charge in [-0.25, -0.2) is 0 Å². The molecule has 0 aliphatic carbocycles. The molecule has 0 fully saturated rings. The third kappa shape index (κ3) is 5.37. The molecule has 0 aliphatic rings. The fraction of sp³-hybridized carbons (Fsp3) is 0.364. The minimum absolute atomic E-state index is 0. The zero-order valence-electron chi connectivity index (χ0n) is 9.48. The van der Waals surface area contributed by atoms with E-state index in [0.29, 0.717) is 11.6 Å². The van der Waals surface area contributed by atoms with Gasteiger partial charge in [0, 0.05) is 18.7 Å². The molecule has 0 heterocycles. The van der Waals surface area contributed by atoms with E-state index in [1.807, 2.05) is 12.1 Å². The van der Waals surface area contributed by atoms with Gasteiger partial charge >= 0.3 is 0 Å². The van der Waals surface area contributed by atoms with Gasteiger partial charge in [-0.05, 0) is 17.7 Å². The van der Waals surface area contributed by atoms with Crippen LogP contribution in [0.2, 0.25) is 5.02 Å². The van der Waals surface area contributed by atoms with Crippen LogP contribution >= 0.6 is 24.0 Å². The van der Waals surface area contributed by atoms with Crippen molar-refractivity contribution >= 4 is 29.9 Å². The SMILES string of the molecule is COC(CNC(=O)CN)c1ccc(Cl)cc1.Cl. The molecule has 1 aromatic rings. The number of hydrogen-bond donors (Lipinski definition) is 2. The standard InChI is InChI=1S/C11H15ClN2O2.ClH/c1-16-10(7-14-11(15)6-13)8-2-4-9(12)5-3-8;/h2-5,10H,6-7,13H2,1H3,(H,14,15);1H. The molecule has 0 spiro atoms. The number of carbonyl (C=O) groups is 1. The number of nitrogens with two attached hydrogens (primary N) is 1. The monoisotopic (exact) mass is 278 g/mol. The van der Waals surface area contributed by atoms with Crippen molar-refractivity contribution in [2.75, 3.05) is 20.2 Å². The number of amides is 1. The highest BCUT2D eigenvalue weighted by atomic mass is 35.5. The Labute approximate surface area is 112 Å². The lowest BCUT2D eigenvalue weighted by Crippen LogP contribution is -2.33. The summed E-state index contributed by atoms with van der Waals surface area (Å²) in [4.78, 5) is 11.0. The number of hydrogen-bond acceptors (Lipinski definition) is 3. The Morgan fingerprint density at radius 2 is 2.06 bits per heavy atom. The summed E-state index contributed by atoms with van der Waals surface area (Å²) < 4.78 is 5.27. The van der Waals surface area contributed by atoms with Crippen LogP contribution in [-0.4, -0.2) is 26.1 Å². The van der Waals surface area contributed by atoms with Crippen LogP contribution in [0.5, 0.6) is 0 Å². The van der Waals surface area contributed by atoms with Gasteiger partial charge in [-0.2, -0.15) is 0 Å². The van der Waals surface area contributed by atoms with Crippen LogP contribution in [-0.2, 0) is 9.53 Å². The molecule has 0 saturated carbocycles. The van der Waals surface area contributed by atoms with Gasteiger partial charge in [-0.1, -0.05) is 23.7 Å². The zero-order chi connectivity index (χ0) is 12.0. The second kappa shape index (κ2) is 8.31. The van der Waals surface area contributed by atoms with E-state index in [9.17, 15) is 4.79 Å². The van der Waals surface area contributed by atoms with Gasteiger partial charge in [0.25, 0.3) is 0 Å². The quantitative estimate of drug-likeness (QED) is 0.859. The molecule has 4 nitrogen and oxygen atoms in total. The summed E-state index contributed by atoms with van der Waals surface area (Å²) in [7, 11) is 1.59. The summed E-state index contributed by atoms with van der Waals surface area (Å²) in [6.07, 6.45) is -0.187. The van der Waals surface area contributed by atoms with E-state index >= 15 is 0 Å². The van der Waals surface area contributed by atoms with E-state index < -0.39 is 0 Å². The van der Waals surface area contributed by atoms with Crippen molar-refractivity contribution in [3.8, 4) is 0 Å². The molecule has 96 valence electrons.